The van der Waals surface area contributed by atoms with Crippen LogP contribution in [0.25, 0.3) is 28.0 Å². The lowest BCUT2D eigenvalue weighted by atomic mass is 9.99. The second-order valence-corrected chi connectivity index (χ2v) is 6.16. The van der Waals surface area contributed by atoms with Crippen molar-refractivity contribution < 1.29 is 9.18 Å². The molecule has 0 aliphatic heterocycles. The van der Waals surface area contributed by atoms with Crippen molar-refractivity contribution in [2.24, 2.45) is 0 Å². The molecular formula is C19H15FN6O. The molecular weight excluding hydrogens is 347 g/mol. The summed E-state index contributed by atoms with van der Waals surface area (Å²) in [6, 6.07) is 9.73. The number of hydrogen-bond donors (Lipinski definition) is 1. The van der Waals surface area contributed by atoms with Crippen LogP contribution in [-0.4, -0.2) is 30.9 Å². The zero-order valence-corrected chi connectivity index (χ0v) is 14.6. The molecule has 0 amide bonds. The topological polar surface area (TPSA) is 99.1 Å². The second-order valence-electron chi connectivity index (χ2n) is 6.16. The number of rotatable bonds is 3. The molecule has 0 saturated carbocycles. The maximum Gasteiger partial charge on any atom is 0.223 e. The van der Waals surface area contributed by atoms with E-state index in [0.29, 0.717) is 28.8 Å². The van der Waals surface area contributed by atoms with Crippen LogP contribution >= 0.6 is 0 Å². The number of aromatic nitrogens is 5. The van der Waals surface area contributed by atoms with Gasteiger partial charge in [0, 0.05) is 17.0 Å². The Bertz CT molecular complexity index is 1160. The highest BCUT2D eigenvalue weighted by atomic mass is 19.1. The quantitative estimate of drug-likeness (QED) is 0.563. The van der Waals surface area contributed by atoms with Gasteiger partial charge in [0.1, 0.15) is 5.82 Å². The number of hydrogen-bond acceptors (Lipinski definition) is 6. The van der Waals surface area contributed by atoms with Crippen LogP contribution in [0.5, 0.6) is 0 Å². The Kier molecular flexibility index (Phi) is 3.88. The van der Waals surface area contributed by atoms with Gasteiger partial charge in [0.05, 0.1) is 11.3 Å². The first-order valence-electron chi connectivity index (χ1n) is 8.19. The fraction of sp³-hybridized carbons (Fsp3) is 0.105. The summed E-state index contributed by atoms with van der Waals surface area (Å²) in [6.45, 7) is 3.77. The molecule has 0 saturated heterocycles. The minimum Gasteiger partial charge on any atom is -0.368 e. The molecule has 0 aliphatic carbocycles. The average molecular weight is 362 g/mol. The van der Waals surface area contributed by atoms with Crippen LogP contribution in [0.15, 0.2) is 36.4 Å². The molecule has 7 nitrogen and oxygen atoms in total. The van der Waals surface area contributed by atoms with Gasteiger partial charge >= 0.3 is 0 Å². The van der Waals surface area contributed by atoms with Crippen molar-refractivity contribution in [1.29, 1.82) is 0 Å². The first kappa shape index (κ1) is 16.8. The van der Waals surface area contributed by atoms with Gasteiger partial charge in [0.2, 0.25) is 11.8 Å². The molecule has 134 valence electrons. The Morgan fingerprint density at radius 1 is 1.00 bits per heavy atom. The number of nitrogens with two attached hydrogens (primary N) is 1. The van der Waals surface area contributed by atoms with Crippen LogP contribution in [0, 0.1) is 19.7 Å². The van der Waals surface area contributed by atoms with E-state index in [0.717, 1.165) is 17.0 Å². The fourth-order valence-corrected chi connectivity index (χ4v) is 3.08. The Morgan fingerprint density at radius 2 is 1.67 bits per heavy atom. The number of aryl methyl sites for hydroxylation is 2. The van der Waals surface area contributed by atoms with Crippen molar-refractivity contribution >= 4 is 17.9 Å². The molecule has 3 heterocycles. The highest BCUT2D eigenvalue weighted by Gasteiger charge is 2.20. The summed E-state index contributed by atoms with van der Waals surface area (Å²) in [4.78, 5) is 24.3. The van der Waals surface area contributed by atoms with Crippen LogP contribution in [0.1, 0.15) is 22.0 Å². The van der Waals surface area contributed by atoms with Crippen LogP contribution < -0.4 is 5.73 Å². The van der Waals surface area contributed by atoms with E-state index in [1.54, 1.807) is 12.1 Å². The lowest BCUT2D eigenvalue weighted by Crippen LogP contribution is -2.06. The molecule has 0 bridgehead atoms. The van der Waals surface area contributed by atoms with E-state index in [9.17, 15) is 9.18 Å². The summed E-state index contributed by atoms with van der Waals surface area (Å²) in [5, 5.41) is 4.09. The molecule has 4 rings (SSSR count). The molecule has 2 N–H and O–H groups in total. The minimum atomic E-state index is -0.351. The van der Waals surface area contributed by atoms with E-state index >= 15 is 0 Å². The van der Waals surface area contributed by atoms with Crippen LogP contribution in [-0.2, 0) is 0 Å². The maximum absolute atomic E-state index is 13.4. The van der Waals surface area contributed by atoms with Gasteiger partial charge in [-0.3, -0.25) is 9.78 Å². The molecule has 4 aromatic rings. The van der Waals surface area contributed by atoms with Gasteiger partial charge in [-0.1, -0.05) is 0 Å². The van der Waals surface area contributed by atoms with Crippen molar-refractivity contribution in [3.63, 3.8) is 0 Å². The van der Waals surface area contributed by atoms with Gasteiger partial charge in [-0.25, -0.2) is 14.4 Å². The number of nitrogen functional groups attached to an aromatic ring is 1. The third kappa shape index (κ3) is 2.91. The van der Waals surface area contributed by atoms with Crippen LogP contribution in [0.2, 0.25) is 0 Å². The molecule has 0 aliphatic rings. The van der Waals surface area contributed by atoms with Crippen molar-refractivity contribution in [3.05, 3.63) is 59.4 Å². The molecule has 0 radical (unpaired) electrons. The lowest BCUT2D eigenvalue weighted by Gasteiger charge is -2.13. The predicted molar refractivity (Wildman–Crippen MR) is 98.7 cm³/mol. The Labute approximate surface area is 153 Å². The molecule has 0 fully saturated rings. The number of halogens is 1. The molecule has 0 atom stereocenters. The SMILES string of the molecule is Cc1cc(-c2c(-c3ccc(F)cc3)nc(N)n3nc(C=O)nc23)cc(C)n1. The van der Waals surface area contributed by atoms with E-state index < -0.39 is 0 Å². The highest BCUT2D eigenvalue weighted by Crippen LogP contribution is 2.35. The van der Waals surface area contributed by atoms with E-state index in [4.69, 9.17) is 5.73 Å². The van der Waals surface area contributed by atoms with E-state index in [2.05, 4.69) is 20.1 Å². The monoisotopic (exact) mass is 362 g/mol. The summed E-state index contributed by atoms with van der Waals surface area (Å²) in [5.41, 5.74) is 10.7. The number of carbonyl (C=O) groups is 1. The second kappa shape index (κ2) is 6.24. The summed E-state index contributed by atoms with van der Waals surface area (Å²) in [5.74, 6) is -0.268. The first-order chi connectivity index (χ1) is 13.0. The third-order valence-electron chi connectivity index (χ3n) is 4.12. The van der Waals surface area contributed by atoms with E-state index in [-0.39, 0.29) is 17.6 Å². The third-order valence-corrected chi connectivity index (χ3v) is 4.12. The Hall–Kier alpha value is -3.68. The molecule has 27 heavy (non-hydrogen) atoms. The van der Waals surface area contributed by atoms with Crippen molar-refractivity contribution in [3.8, 4) is 22.4 Å². The summed E-state index contributed by atoms with van der Waals surface area (Å²) < 4.78 is 14.7. The van der Waals surface area contributed by atoms with Gasteiger partial charge < -0.3 is 5.73 Å². The van der Waals surface area contributed by atoms with Gasteiger partial charge in [0.15, 0.2) is 11.9 Å². The van der Waals surface area contributed by atoms with Crippen molar-refractivity contribution in [2.75, 3.05) is 5.73 Å². The molecule has 1 aromatic carbocycles. The van der Waals surface area contributed by atoms with Crippen molar-refractivity contribution in [1.82, 2.24) is 24.6 Å². The number of nitrogens with zero attached hydrogens (tertiary/aromatic N) is 5. The number of aldehydes is 1. The van der Waals surface area contributed by atoms with Crippen LogP contribution in [0.3, 0.4) is 0 Å². The fourth-order valence-electron chi connectivity index (χ4n) is 3.08. The van der Waals surface area contributed by atoms with Crippen LogP contribution in [0.4, 0.5) is 10.3 Å². The average Bonchev–Trinajstić information content (AvgIpc) is 3.06. The molecule has 0 spiro atoms. The Morgan fingerprint density at radius 3 is 2.30 bits per heavy atom. The van der Waals surface area contributed by atoms with Gasteiger partial charge in [0.25, 0.3) is 0 Å². The van der Waals surface area contributed by atoms with Crippen molar-refractivity contribution in [2.45, 2.75) is 13.8 Å². The summed E-state index contributed by atoms with van der Waals surface area (Å²) in [7, 11) is 0. The van der Waals surface area contributed by atoms with E-state index in [1.165, 1.54) is 16.6 Å². The van der Waals surface area contributed by atoms with Gasteiger partial charge in [-0.05, 0) is 55.8 Å². The first-order valence-corrected chi connectivity index (χ1v) is 8.19. The number of pyridine rings is 1. The number of carbonyl (C=O) groups excluding carboxylic acids is 1. The lowest BCUT2D eigenvalue weighted by molar-refractivity contribution is 0.111. The predicted octanol–water partition coefficient (Wildman–Crippen LogP) is 3.00. The minimum absolute atomic E-state index is 0.00325. The standard InChI is InChI=1S/C19H15FN6O/c1-10-7-13(8-11(2)22-10)16-17(12-3-5-14(20)6-4-12)24-19(21)26-18(16)23-15(9-27)25-26/h3-9H,1-2H3,(H2,21,24). The highest BCUT2D eigenvalue weighted by molar-refractivity contribution is 5.91. The molecule has 0 unspecified atom stereocenters. The van der Waals surface area contributed by atoms with E-state index in [1.807, 2.05) is 26.0 Å². The molecule has 3 aromatic heterocycles. The summed E-state index contributed by atoms with van der Waals surface area (Å²) in [6.07, 6.45) is 0.552. The zero-order valence-electron chi connectivity index (χ0n) is 14.6. The smallest absolute Gasteiger partial charge is 0.223 e. The normalized spacial score (nSPS) is 11.1. The van der Waals surface area contributed by atoms with Gasteiger partial charge in [-0.15, -0.1) is 5.10 Å². The summed E-state index contributed by atoms with van der Waals surface area (Å²) >= 11 is 0. The maximum atomic E-state index is 13.4. The number of anilines is 1. The number of benzene rings is 1. The zero-order chi connectivity index (χ0) is 19.1. The Balaban J connectivity index is 2.13. The molecule has 8 heteroatoms. The number of fused-ring (bicyclic) bond motifs is 1. The largest absolute Gasteiger partial charge is 0.368 e. The van der Waals surface area contributed by atoms with Gasteiger partial charge in [-0.2, -0.15) is 4.52 Å².